The number of benzene rings is 1. The number of hydrogen-bond donors (Lipinski definition) is 1. The molecule has 0 bridgehead atoms. The smallest absolute Gasteiger partial charge is 0.338 e. The highest BCUT2D eigenvalue weighted by atomic mass is 35.5. The Balaban J connectivity index is 0.000000976. The van der Waals surface area contributed by atoms with Gasteiger partial charge in [0, 0.05) is 24.8 Å². The van der Waals surface area contributed by atoms with E-state index in [2.05, 4.69) is 17.1 Å². The summed E-state index contributed by atoms with van der Waals surface area (Å²) in [6.07, 6.45) is 0.348. The van der Waals surface area contributed by atoms with Crippen LogP contribution in [-0.2, 0) is 19.1 Å². The standard InChI is InChI=1S/C25H23ClN4O3S.C3H7NO/c1-13(2)32-25(31)22-20(12-34-24-17(10-27)14(3)9-15(4)30-24)33-23(29)18(11-28)21(22)16-7-5-6-8-19(16)26;1-4(2)3-5/h5-9,13,21H,12,29H2,1-4H3;3H,1-2H3. The molecule has 1 aromatic heterocycles. The molecule has 3 rings (SSSR count). The quantitative estimate of drug-likeness (QED) is 0.285. The Morgan fingerprint density at radius 2 is 1.92 bits per heavy atom. The summed E-state index contributed by atoms with van der Waals surface area (Å²) in [6.45, 7) is 7.14. The number of rotatable bonds is 7. The molecule has 1 atom stereocenters. The highest BCUT2D eigenvalue weighted by Gasteiger charge is 2.39. The van der Waals surface area contributed by atoms with Gasteiger partial charge in [0.05, 0.1) is 28.9 Å². The zero-order chi connectivity index (χ0) is 29.3. The molecule has 0 fully saturated rings. The molecule has 0 radical (unpaired) electrons. The molecule has 0 saturated heterocycles. The second-order valence-electron chi connectivity index (χ2n) is 8.97. The Labute approximate surface area is 237 Å². The SMILES string of the molecule is CN(C)C=O.Cc1cc(C)c(C#N)c(SCC2=C(C(=O)OC(C)C)C(c3ccccc3Cl)C(C#N)=C(N)O2)n1. The minimum Gasteiger partial charge on any atom is -0.459 e. The molecule has 1 unspecified atom stereocenters. The molecule has 0 aliphatic carbocycles. The van der Waals surface area contributed by atoms with Crippen molar-refractivity contribution in [3.8, 4) is 12.1 Å². The zero-order valence-electron chi connectivity index (χ0n) is 22.6. The number of nitrogens with two attached hydrogens (primary N) is 1. The number of aromatic nitrogens is 1. The summed E-state index contributed by atoms with van der Waals surface area (Å²) in [6, 6.07) is 13.0. The summed E-state index contributed by atoms with van der Waals surface area (Å²) in [5, 5.41) is 20.3. The van der Waals surface area contributed by atoms with Crippen molar-refractivity contribution in [3.05, 3.63) is 80.5 Å². The molecular formula is C28H30ClN5O4S. The lowest BCUT2D eigenvalue weighted by atomic mass is 9.83. The van der Waals surface area contributed by atoms with Gasteiger partial charge in [0.25, 0.3) is 0 Å². The Hall–Kier alpha value is -3.99. The van der Waals surface area contributed by atoms with Gasteiger partial charge in [-0.25, -0.2) is 9.78 Å². The van der Waals surface area contributed by atoms with Crippen LogP contribution in [0.15, 0.2) is 58.1 Å². The first-order valence-electron chi connectivity index (χ1n) is 11.8. The van der Waals surface area contributed by atoms with Crippen molar-refractivity contribution >= 4 is 35.7 Å². The predicted octanol–water partition coefficient (Wildman–Crippen LogP) is 4.73. The fourth-order valence-electron chi connectivity index (χ4n) is 3.62. The predicted molar refractivity (Wildman–Crippen MR) is 149 cm³/mol. The number of pyridine rings is 1. The number of carbonyl (C=O) groups excluding carboxylic acids is 2. The van der Waals surface area contributed by atoms with Gasteiger partial charge < -0.3 is 20.1 Å². The van der Waals surface area contributed by atoms with E-state index in [1.165, 1.54) is 16.7 Å². The minimum absolute atomic E-state index is 0.0693. The van der Waals surface area contributed by atoms with Crippen molar-refractivity contribution in [1.82, 2.24) is 9.88 Å². The van der Waals surface area contributed by atoms with Crippen LogP contribution < -0.4 is 5.73 Å². The molecular weight excluding hydrogens is 538 g/mol. The van der Waals surface area contributed by atoms with Crippen LogP contribution in [0.1, 0.15) is 42.1 Å². The van der Waals surface area contributed by atoms with Crippen molar-refractivity contribution in [2.45, 2.75) is 44.7 Å². The molecule has 39 heavy (non-hydrogen) atoms. The maximum atomic E-state index is 13.3. The number of thioether (sulfide) groups is 1. The summed E-state index contributed by atoms with van der Waals surface area (Å²) in [5.74, 6) is -1.26. The Bertz CT molecular complexity index is 1390. The molecule has 2 heterocycles. The van der Waals surface area contributed by atoms with Gasteiger partial charge in [0.2, 0.25) is 12.3 Å². The van der Waals surface area contributed by atoms with E-state index in [1.807, 2.05) is 19.9 Å². The molecule has 9 nitrogen and oxygen atoms in total. The van der Waals surface area contributed by atoms with E-state index >= 15 is 0 Å². The maximum Gasteiger partial charge on any atom is 0.338 e. The van der Waals surface area contributed by atoms with Gasteiger partial charge in [0.1, 0.15) is 28.5 Å². The van der Waals surface area contributed by atoms with Gasteiger partial charge in [-0.1, -0.05) is 41.6 Å². The highest BCUT2D eigenvalue weighted by molar-refractivity contribution is 7.99. The minimum atomic E-state index is -0.864. The molecule has 0 spiro atoms. The average molecular weight is 568 g/mol. The Morgan fingerprint density at radius 1 is 1.28 bits per heavy atom. The van der Waals surface area contributed by atoms with E-state index in [1.54, 1.807) is 52.2 Å². The van der Waals surface area contributed by atoms with Gasteiger partial charge in [0.15, 0.2) is 0 Å². The third kappa shape index (κ3) is 8.00. The van der Waals surface area contributed by atoms with E-state index < -0.39 is 18.0 Å². The molecule has 1 aromatic carbocycles. The molecule has 204 valence electrons. The Kier molecular flexibility index (Phi) is 11.4. The van der Waals surface area contributed by atoms with Gasteiger partial charge in [-0.05, 0) is 51.0 Å². The summed E-state index contributed by atoms with van der Waals surface area (Å²) in [7, 11) is 3.38. The highest BCUT2D eigenvalue weighted by Crippen LogP contribution is 2.43. The van der Waals surface area contributed by atoms with Crippen molar-refractivity contribution in [2.24, 2.45) is 5.73 Å². The first-order valence-corrected chi connectivity index (χ1v) is 13.2. The molecule has 2 N–H and O–H groups in total. The summed E-state index contributed by atoms with van der Waals surface area (Å²) in [5.41, 5.74) is 8.88. The van der Waals surface area contributed by atoms with Crippen LogP contribution in [0.5, 0.6) is 0 Å². The number of halogens is 1. The number of aryl methyl sites for hydroxylation is 2. The number of amides is 1. The van der Waals surface area contributed by atoms with Crippen molar-refractivity contribution < 1.29 is 19.1 Å². The number of nitrogens with zero attached hydrogens (tertiary/aromatic N) is 4. The van der Waals surface area contributed by atoms with Crippen LogP contribution in [0, 0.1) is 36.5 Å². The third-order valence-corrected chi connectivity index (χ3v) is 6.57. The van der Waals surface area contributed by atoms with E-state index in [0.29, 0.717) is 21.2 Å². The summed E-state index contributed by atoms with van der Waals surface area (Å²) >= 11 is 7.70. The van der Waals surface area contributed by atoms with Crippen LogP contribution in [0.25, 0.3) is 0 Å². The van der Waals surface area contributed by atoms with Crippen molar-refractivity contribution in [1.29, 1.82) is 10.5 Å². The zero-order valence-corrected chi connectivity index (χ0v) is 24.2. The van der Waals surface area contributed by atoms with Gasteiger partial charge in [-0.3, -0.25) is 4.79 Å². The summed E-state index contributed by atoms with van der Waals surface area (Å²) < 4.78 is 11.3. The third-order valence-electron chi connectivity index (χ3n) is 5.25. The van der Waals surface area contributed by atoms with Crippen molar-refractivity contribution in [3.63, 3.8) is 0 Å². The lowest BCUT2D eigenvalue weighted by molar-refractivity contribution is -0.143. The molecule has 11 heteroatoms. The number of esters is 1. The number of ether oxygens (including phenoxy) is 2. The van der Waals surface area contributed by atoms with Gasteiger partial charge >= 0.3 is 5.97 Å². The fourth-order valence-corrected chi connectivity index (χ4v) is 4.91. The Morgan fingerprint density at radius 3 is 2.46 bits per heavy atom. The second kappa shape index (κ2) is 14.2. The van der Waals surface area contributed by atoms with E-state index in [9.17, 15) is 20.1 Å². The molecule has 1 amide bonds. The van der Waals surface area contributed by atoms with Crippen LogP contribution in [0.4, 0.5) is 0 Å². The van der Waals surface area contributed by atoms with E-state index in [-0.39, 0.29) is 28.5 Å². The number of allylic oxidation sites excluding steroid dienone is 1. The van der Waals surface area contributed by atoms with Crippen LogP contribution in [-0.4, -0.2) is 48.2 Å². The lowest BCUT2D eigenvalue weighted by Gasteiger charge is -2.29. The van der Waals surface area contributed by atoms with Crippen LogP contribution >= 0.6 is 23.4 Å². The van der Waals surface area contributed by atoms with Gasteiger partial charge in [-0.15, -0.1) is 0 Å². The van der Waals surface area contributed by atoms with Crippen molar-refractivity contribution in [2.75, 3.05) is 19.8 Å². The van der Waals surface area contributed by atoms with E-state index in [4.69, 9.17) is 26.8 Å². The largest absolute Gasteiger partial charge is 0.459 e. The lowest BCUT2D eigenvalue weighted by Crippen LogP contribution is -2.28. The number of nitriles is 2. The monoisotopic (exact) mass is 567 g/mol. The summed E-state index contributed by atoms with van der Waals surface area (Å²) in [4.78, 5) is 28.6. The topological polar surface area (TPSA) is 142 Å². The molecule has 1 aliphatic heterocycles. The average Bonchev–Trinajstić information content (AvgIpc) is 2.86. The number of hydrogen-bond acceptors (Lipinski definition) is 9. The van der Waals surface area contributed by atoms with E-state index in [0.717, 1.165) is 17.7 Å². The maximum absolute atomic E-state index is 13.3. The second-order valence-corrected chi connectivity index (χ2v) is 10.3. The van der Waals surface area contributed by atoms with Gasteiger partial charge in [-0.2, -0.15) is 10.5 Å². The molecule has 2 aromatic rings. The normalized spacial score (nSPS) is 14.5. The van der Waals surface area contributed by atoms with Crippen LogP contribution in [0.2, 0.25) is 5.02 Å². The molecule has 0 saturated carbocycles. The number of carbonyl (C=O) groups is 2. The first kappa shape index (κ1) is 31.2. The molecule has 1 aliphatic rings. The van der Waals surface area contributed by atoms with Crippen LogP contribution in [0.3, 0.4) is 0 Å². The fraction of sp³-hybridized carbons (Fsp3) is 0.321. The first-order chi connectivity index (χ1) is 18.4.